The summed E-state index contributed by atoms with van der Waals surface area (Å²) in [6, 6.07) is 10.7. The van der Waals surface area contributed by atoms with Crippen LogP contribution in [0.5, 0.6) is 0 Å². The lowest BCUT2D eigenvalue weighted by Gasteiger charge is -2.08. The van der Waals surface area contributed by atoms with E-state index < -0.39 is 0 Å². The predicted molar refractivity (Wildman–Crippen MR) is 107 cm³/mol. The number of benzene rings is 1. The molecule has 1 fully saturated rings. The molecule has 2 aromatic heterocycles. The summed E-state index contributed by atoms with van der Waals surface area (Å²) in [5, 5.41) is 7.36. The van der Waals surface area contributed by atoms with E-state index in [1.807, 2.05) is 12.1 Å². The molecule has 0 spiro atoms. The summed E-state index contributed by atoms with van der Waals surface area (Å²) in [7, 11) is 0. The van der Waals surface area contributed by atoms with E-state index >= 15 is 0 Å². The third-order valence-electron chi connectivity index (χ3n) is 5.22. The van der Waals surface area contributed by atoms with Crippen LogP contribution in [0.25, 0.3) is 22.6 Å². The lowest BCUT2D eigenvalue weighted by atomic mass is 10.1. The number of nitrogens with zero attached hydrogens (tertiary/aromatic N) is 5. The molecule has 7 nitrogen and oxygen atoms in total. The van der Waals surface area contributed by atoms with Gasteiger partial charge in [0.05, 0.1) is 23.8 Å². The summed E-state index contributed by atoms with van der Waals surface area (Å²) < 4.78 is 4.39. The number of aliphatic imine (C=N–C) groups is 1. The van der Waals surface area contributed by atoms with Gasteiger partial charge in [-0.2, -0.15) is 5.10 Å². The van der Waals surface area contributed by atoms with E-state index in [2.05, 4.69) is 44.0 Å². The Bertz CT molecular complexity index is 1060. The van der Waals surface area contributed by atoms with E-state index in [9.17, 15) is 4.79 Å². The summed E-state index contributed by atoms with van der Waals surface area (Å²) in [5.74, 6) is 1.00. The first-order chi connectivity index (χ1) is 13.7. The molecule has 3 aromatic rings. The fraction of sp³-hybridized carbons (Fsp3) is 0.333. The Morgan fingerprint density at radius 2 is 2.07 bits per heavy atom. The molecule has 5 rings (SSSR count). The van der Waals surface area contributed by atoms with Crippen molar-refractivity contribution in [2.45, 2.75) is 45.2 Å². The highest BCUT2D eigenvalue weighted by atomic mass is 16.1. The number of hydrogen-bond acceptors (Lipinski definition) is 4. The van der Waals surface area contributed by atoms with Crippen LogP contribution in [0.2, 0.25) is 0 Å². The van der Waals surface area contributed by atoms with Crippen molar-refractivity contribution in [3.8, 4) is 22.6 Å². The molecule has 2 aliphatic rings. The van der Waals surface area contributed by atoms with Crippen molar-refractivity contribution < 1.29 is 4.79 Å². The van der Waals surface area contributed by atoms with E-state index in [0.29, 0.717) is 6.04 Å². The minimum atomic E-state index is -0.134. The Kier molecular flexibility index (Phi) is 4.07. The van der Waals surface area contributed by atoms with Gasteiger partial charge in [0.2, 0.25) is 5.91 Å². The third kappa shape index (κ3) is 3.13. The number of carbonyl (C=O) groups is 1. The van der Waals surface area contributed by atoms with Crippen LogP contribution < -0.4 is 5.32 Å². The van der Waals surface area contributed by atoms with Gasteiger partial charge >= 0.3 is 0 Å². The number of amides is 1. The van der Waals surface area contributed by atoms with Crippen LogP contribution in [0.3, 0.4) is 0 Å². The summed E-state index contributed by atoms with van der Waals surface area (Å²) in [6.07, 6.45) is 8.06. The van der Waals surface area contributed by atoms with Crippen LogP contribution in [0, 0.1) is 0 Å². The average molecular weight is 374 g/mol. The molecule has 142 valence electrons. The van der Waals surface area contributed by atoms with E-state index in [1.54, 1.807) is 0 Å². The zero-order chi connectivity index (χ0) is 19.1. The molecular formula is C21H22N6O. The molecule has 0 atom stereocenters. The molecule has 1 N–H and O–H groups in total. The third-order valence-corrected chi connectivity index (χ3v) is 5.22. The Balaban J connectivity index is 1.50. The van der Waals surface area contributed by atoms with Crippen molar-refractivity contribution in [1.82, 2.24) is 24.6 Å². The van der Waals surface area contributed by atoms with Crippen LogP contribution in [-0.4, -0.2) is 31.6 Å². The van der Waals surface area contributed by atoms with Gasteiger partial charge in [0, 0.05) is 31.6 Å². The number of imidazole rings is 1. The second kappa shape index (κ2) is 6.74. The van der Waals surface area contributed by atoms with Gasteiger partial charge in [-0.3, -0.25) is 9.48 Å². The first-order valence-corrected chi connectivity index (χ1v) is 9.74. The second-order valence-electron chi connectivity index (χ2n) is 7.40. The SMILES string of the molecule is CC(=O)NC=Nc1ccc(-c2c(-c3ccn(C4CC4)n3)nc3n2CCC3)cc1. The number of fused-ring (bicyclic) bond motifs is 1. The fourth-order valence-electron chi connectivity index (χ4n) is 3.71. The molecule has 0 bridgehead atoms. The minimum Gasteiger partial charge on any atom is -0.327 e. The Morgan fingerprint density at radius 3 is 2.82 bits per heavy atom. The van der Waals surface area contributed by atoms with Crippen LogP contribution in [0.1, 0.15) is 38.1 Å². The molecule has 1 aliphatic heterocycles. The molecule has 7 heteroatoms. The first kappa shape index (κ1) is 16.9. The predicted octanol–water partition coefficient (Wildman–Crippen LogP) is 3.49. The standard InChI is InChI=1S/C21H22N6O/c1-14(28)22-13-23-16-6-4-15(5-7-16)21-20(24-19-3-2-11-26(19)21)18-10-12-27(25-18)17-8-9-17/h4-7,10,12-13,17H,2-3,8-9,11H2,1H3,(H,22,23,28). The summed E-state index contributed by atoms with van der Waals surface area (Å²) in [6.45, 7) is 2.45. The molecule has 3 heterocycles. The highest BCUT2D eigenvalue weighted by Gasteiger charge is 2.27. The lowest BCUT2D eigenvalue weighted by Crippen LogP contribution is -2.16. The first-order valence-electron chi connectivity index (χ1n) is 9.74. The van der Waals surface area contributed by atoms with Gasteiger partial charge in [0.25, 0.3) is 0 Å². The van der Waals surface area contributed by atoms with E-state index in [0.717, 1.165) is 53.5 Å². The number of carbonyl (C=O) groups excluding carboxylic acids is 1. The van der Waals surface area contributed by atoms with E-state index in [4.69, 9.17) is 10.1 Å². The Hall–Kier alpha value is -3.22. The molecule has 28 heavy (non-hydrogen) atoms. The zero-order valence-corrected chi connectivity index (χ0v) is 15.8. The summed E-state index contributed by atoms with van der Waals surface area (Å²) in [5.41, 5.74) is 4.93. The second-order valence-corrected chi connectivity index (χ2v) is 7.40. The topological polar surface area (TPSA) is 77.1 Å². The van der Waals surface area contributed by atoms with E-state index in [-0.39, 0.29) is 5.91 Å². The highest BCUT2D eigenvalue weighted by Crippen LogP contribution is 2.38. The van der Waals surface area contributed by atoms with Crippen molar-refractivity contribution in [3.05, 3.63) is 42.4 Å². The van der Waals surface area contributed by atoms with Crippen LogP contribution in [-0.2, 0) is 17.8 Å². The fourth-order valence-corrected chi connectivity index (χ4v) is 3.71. The van der Waals surface area contributed by atoms with Crippen LogP contribution in [0.15, 0.2) is 41.5 Å². The lowest BCUT2D eigenvalue weighted by molar-refractivity contribution is -0.117. The normalized spacial score (nSPS) is 15.9. The monoisotopic (exact) mass is 374 g/mol. The Labute approximate surface area is 163 Å². The van der Waals surface area contributed by atoms with Gasteiger partial charge in [-0.05, 0) is 37.5 Å². The van der Waals surface area contributed by atoms with Crippen LogP contribution >= 0.6 is 0 Å². The van der Waals surface area contributed by atoms with Crippen molar-refractivity contribution in [3.63, 3.8) is 0 Å². The number of aromatic nitrogens is 4. The molecule has 0 radical (unpaired) electrons. The molecule has 0 unspecified atom stereocenters. The number of hydrogen-bond donors (Lipinski definition) is 1. The zero-order valence-electron chi connectivity index (χ0n) is 15.8. The summed E-state index contributed by atoms with van der Waals surface area (Å²) in [4.78, 5) is 20.1. The number of aryl methyl sites for hydroxylation is 1. The maximum atomic E-state index is 11.0. The van der Waals surface area contributed by atoms with Crippen molar-refractivity contribution in [1.29, 1.82) is 0 Å². The summed E-state index contributed by atoms with van der Waals surface area (Å²) >= 11 is 0. The van der Waals surface area contributed by atoms with Gasteiger partial charge in [-0.25, -0.2) is 9.98 Å². The minimum absolute atomic E-state index is 0.134. The van der Waals surface area contributed by atoms with Gasteiger partial charge in [-0.15, -0.1) is 0 Å². The quantitative estimate of drug-likeness (QED) is 0.548. The van der Waals surface area contributed by atoms with E-state index in [1.165, 1.54) is 26.1 Å². The smallest absolute Gasteiger partial charge is 0.221 e. The van der Waals surface area contributed by atoms with Crippen molar-refractivity contribution >= 4 is 17.9 Å². The Morgan fingerprint density at radius 1 is 1.25 bits per heavy atom. The molecule has 0 saturated heterocycles. The van der Waals surface area contributed by atoms with Gasteiger partial charge in [0.15, 0.2) is 0 Å². The average Bonchev–Trinajstić information content (AvgIpc) is 3.10. The molecule has 1 amide bonds. The maximum absolute atomic E-state index is 11.0. The number of nitrogens with one attached hydrogen (secondary N) is 1. The van der Waals surface area contributed by atoms with Crippen molar-refractivity contribution in [2.24, 2.45) is 4.99 Å². The molecule has 1 aliphatic carbocycles. The van der Waals surface area contributed by atoms with Crippen LogP contribution in [0.4, 0.5) is 5.69 Å². The largest absolute Gasteiger partial charge is 0.327 e. The highest BCUT2D eigenvalue weighted by molar-refractivity contribution is 5.86. The van der Waals surface area contributed by atoms with Gasteiger partial charge in [0.1, 0.15) is 17.2 Å². The maximum Gasteiger partial charge on any atom is 0.221 e. The number of rotatable bonds is 5. The van der Waals surface area contributed by atoms with Gasteiger partial charge in [-0.1, -0.05) is 12.1 Å². The molecule has 1 aromatic carbocycles. The molecular weight excluding hydrogens is 352 g/mol. The van der Waals surface area contributed by atoms with Gasteiger partial charge < -0.3 is 9.88 Å². The molecule has 1 saturated carbocycles. The van der Waals surface area contributed by atoms with Crippen molar-refractivity contribution in [2.75, 3.05) is 0 Å².